The van der Waals surface area contributed by atoms with E-state index in [4.69, 9.17) is 25.3 Å². The van der Waals surface area contributed by atoms with Crippen LogP contribution in [0.2, 0.25) is 5.02 Å². The molecule has 4 nitrogen and oxygen atoms in total. The van der Waals surface area contributed by atoms with Gasteiger partial charge in [-0.05, 0) is 33.8 Å². The summed E-state index contributed by atoms with van der Waals surface area (Å²) in [6, 6.07) is 3.50. The van der Waals surface area contributed by atoms with Gasteiger partial charge >= 0.3 is 7.12 Å². The molecule has 0 aliphatic carbocycles. The van der Waals surface area contributed by atoms with Crippen molar-refractivity contribution in [2.24, 2.45) is 0 Å². The van der Waals surface area contributed by atoms with Gasteiger partial charge in [-0.25, -0.2) is 0 Å². The summed E-state index contributed by atoms with van der Waals surface area (Å²) in [7, 11) is -0.532. The summed E-state index contributed by atoms with van der Waals surface area (Å²) in [4.78, 5) is 4.22. The molecule has 0 amide bonds. The molecule has 0 spiro atoms. The molecule has 0 radical (unpaired) electrons. The third kappa shape index (κ3) is 1.97. The van der Waals surface area contributed by atoms with Crippen molar-refractivity contribution in [1.29, 1.82) is 0 Å². The summed E-state index contributed by atoms with van der Waals surface area (Å²) in [5.41, 5.74) is 1.07. The number of hydrogen-bond donors (Lipinski definition) is 0. The molecule has 3 heterocycles. The van der Waals surface area contributed by atoms with Crippen molar-refractivity contribution >= 4 is 35.5 Å². The number of halogens is 1. The van der Waals surface area contributed by atoms with Crippen molar-refractivity contribution in [2.45, 2.75) is 38.9 Å². The van der Waals surface area contributed by atoms with Crippen molar-refractivity contribution < 1.29 is 13.7 Å². The third-order valence-corrected chi connectivity index (χ3v) is 4.17. The molecule has 0 unspecified atom stereocenters. The Morgan fingerprint density at radius 3 is 2.37 bits per heavy atom. The maximum Gasteiger partial charge on any atom is 0.532 e. The molecule has 0 aromatic carbocycles. The minimum atomic E-state index is -0.532. The van der Waals surface area contributed by atoms with Crippen LogP contribution >= 0.6 is 11.6 Å². The van der Waals surface area contributed by atoms with Gasteiger partial charge < -0.3 is 13.7 Å². The Morgan fingerprint density at radius 2 is 1.79 bits per heavy atom. The van der Waals surface area contributed by atoms with E-state index in [0.29, 0.717) is 21.8 Å². The number of hydrogen-bond acceptors (Lipinski definition) is 4. The smallest absolute Gasteiger partial charge is 0.461 e. The van der Waals surface area contributed by atoms with Crippen LogP contribution in [0.1, 0.15) is 27.7 Å². The second-order valence-corrected chi connectivity index (χ2v) is 6.15. The van der Waals surface area contributed by atoms with Crippen LogP contribution in [0.5, 0.6) is 0 Å². The van der Waals surface area contributed by atoms with E-state index in [-0.39, 0.29) is 0 Å². The van der Waals surface area contributed by atoms with E-state index in [0.717, 1.165) is 0 Å². The van der Waals surface area contributed by atoms with Crippen molar-refractivity contribution in [3.05, 3.63) is 23.4 Å². The van der Waals surface area contributed by atoms with Crippen LogP contribution in [0, 0.1) is 0 Å². The van der Waals surface area contributed by atoms with Gasteiger partial charge in [0.15, 0.2) is 5.58 Å². The number of rotatable bonds is 1. The van der Waals surface area contributed by atoms with Gasteiger partial charge in [0.2, 0.25) is 0 Å². The molecule has 19 heavy (non-hydrogen) atoms. The van der Waals surface area contributed by atoms with Gasteiger partial charge in [-0.2, -0.15) is 0 Å². The molecule has 0 atom stereocenters. The van der Waals surface area contributed by atoms with Gasteiger partial charge in [-0.15, -0.1) is 0 Å². The minimum absolute atomic E-state index is 0.395. The topological polar surface area (TPSA) is 44.5 Å². The van der Waals surface area contributed by atoms with Crippen molar-refractivity contribution in [3.8, 4) is 0 Å². The maximum atomic E-state index is 6.07. The summed E-state index contributed by atoms with van der Waals surface area (Å²) in [6.45, 7) is 8.00. The van der Waals surface area contributed by atoms with Crippen LogP contribution in [0.3, 0.4) is 0 Å². The molecule has 100 valence electrons. The van der Waals surface area contributed by atoms with Crippen LogP contribution in [0.4, 0.5) is 0 Å². The second-order valence-electron chi connectivity index (χ2n) is 5.74. The fourth-order valence-corrected chi connectivity index (χ4v) is 2.19. The summed E-state index contributed by atoms with van der Waals surface area (Å²) in [5.74, 6) is 0. The molecular formula is C13H15BClNO3. The molecule has 6 heteroatoms. The molecule has 1 aliphatic heterocycles. The Kier molecular flexibility index (Phi) is 2.72. The summed E-state index contributed by atoms with van der Waals surface area (Å²) >= 11 is 6.07. The lowest BCUT2D eigenvalue weighted by atomic mass is 9.86. The molecule has 1 fully saturated rings. The quantitative estimate of drug-likeness (QED) is 0.753. The van der Waals surface area contributed by atoms with Gasteiger partial charge in [0.05, 0.1) is 16.2 Å². The molecular weight excluding hydrogens is 264 g/mol. The molecule has 1 aliphatic rings. The van der Waals surface area contributed by atoms with Crippen LogP contribution in [0.15, 0.2) is 22.7 Å². The normalized spacial score (nSPS) is 21.2. The Hall–Kier alpha value is -1.04. The van der Waals surface area contributed by atoms with Crippen LogP contribution in [0.25, 0.3) is 11.1 Å². The van der Waals surface area contributed by atoms with Crippen LogP contribution < -0.4 is 5.66 Å². The fourth-order valence-electron chi connectivity index (χ4n) is 2.00. The highest BCUT2D eigenvalue weighted by Crippen LogP contribution is 2.37. The lowest BCUT2D eigenvalue weighted by molar-refractivity contribution is 0.00578. The van der Waals surface area contributed by atoms with Gasteiger partial charge in [0, 0.05) is 12.3 Å². The zero-order valence-corrected chi connectivity index (χ0v) is 12.1. The Bertz CT molecular complexity index is 622. The van der Waals surface area contributed by atoms with E-state index in [1.165, 1.54) is 0 Å². The third-order valence-electron chi connectivity index (χ3n) is 3.87. The predicted octanol–water partition coefficient (Wildman–Crippen LogP) is 2.78. The van der Waals surface area contributed by atoms with E-state index in [1.807, 2.05) is 33.8 Å². The summed E-state index contributed by atoms with van der Waals surface area (Å²) in [6.07, 6.45) is 1.65. The van der Waals surface area contributed by atoms with Crippen molar-refractivity contribution in [1.82, 2.24) is 4.98 Å². The van der Waals surface area contributed by atoms with Gasteiger partial charge in [0.1, 0.15) is 11.2 Å². The SMILES string of the molecule is CC1(C)OB(c2cc3nccc(Cl)c3o2)OC1(C)C. The highest BCUT2D eigenvalue weighted by Gasteiger charge is 2.53. The molecule has 1 saturated heterocycles. The average Bonchev–Trinajstić information content (AvgIpc) is 2.80. The maximum absolute atomic E-state index is 6.07. The van der Waals surface area contributed by atoms with E-state index in [2.05, 4.69) is 4.98 Å². The largest absolute Gasteiger partial charge is 0.532 e. The highest BCUT2D eigenvalue weighted by molar-refractivity contribution is 6.61. The number of aromatic nitrogens is 1. The lowest BCUT2D eigenvalue weighted by Gasteiger charge is -2.32. The Morgan fingerprint density at radius 1 is 1.16 bits per heavy atom. The molecule has 3 rings (SSSR count). The monoisotopic (exact) mass is 279 g/mol. The minimum Gasteiger partial charge on any atom is -0.461 e. The first-order valence-electron chi connectivity index (χ1n) is 6.20. The average molecular weight is 280 g/mol. The Labute approximate surface area is 117 Å². The number of furan rings is 1. The van der Waals surface area contributed by atoms with Crippen molar-refractivity contribution in [2.75, 3.05) is 0 Å². The van der Waals surface area contributed by atoms with Crippen molar-refractivity contribution in [3.63, 3.8) is 0 Å². The van der Waals surface area contributed by atoms with Gasteiger partial charge in [-0.3, -0.25) is 4.98 Å². The van der Waals surface area contributed by atoms with Gasteiger partial charge in [-0.1, -0.05) is 11.6 Å². The first-order valence-corrected chi connectivity index (χ1v) is 6.57. The van der Waals surface area contributed by atoms with Gasteiger partial charge in [0.25, 0.3) is 0 Å². The fraction of sp³-hybridized carbons (Fsp3) is 0.462. The first-order chi connectivity index (χ1) is 8.80. The molecule has 2 aromatic rings. The summed E-state index contributed by atoms with van der Waals surface area (Å²) < 4.78 is 17.6. The number of nitrogens with zero attached hydrogens (tertiary/aromatic N) is 1. The number of pyridine rings is 1. The lowest BCUT2D eigenvalue weighted by Crippen LogP contribution is -2.41. The molecule has 0 N–H and O–H groups in total. The number of fused-ring (bicyclic) bond motifs is 1. The first kappa shape index (κ1) is 13.0. The van der Waals surface area contributed by atoms with E-state index < -0.39 is 18.3 Å². The standard InChI is InChI=1S/C13H15BClNO3/c1-12(2)13(3,4)19-14(18-12)10-7-9-11(17-10)8(15)5-6-16-9/h5-7H,1-4H3. The molecule has 0 saturated carbocycles. The Balaban J connectivity index is 2.01. The highest BCUT2D eigenvalue weighted by atomic mass is 35.5. The molecule has 2 aromatic heterocycles. The van der Waals surface area contributed by atoms with Crippen LogP contribution in [-0.2, 0) is 9.31 Å². The molecule has 0 bridgehead atoms. The van der Waals surface area contributed by atoms with E-state index in [1.54, 1.807) is 12.3 Å². The predicted molar refractivity (Wildman–Crippen MR) is 74.7 cm³/mol. The van der Waals surface area contributed by atoms with E-state index >= 15 is 0 Å². The second kappa shape index (κ2) is 3.98. The van der Waals surface area contributed by atoms with E-state index in [9.17, 15) is 0 Å². The summed E-state index contributed by atoms with van der Waals surface area (Å²) in [5, 5.41) is 0.535. The van der Waals surface area contributed by atoms with Crippen LogP contribution in [-0.4, -0.2) is 23.3 Å². The zero-order chi connectivity index (χ0) is 13.8. The zero-order valence-electron chi connectivity index (χ0n) is 11.4.